The number of amides is 1. The van der Waals surface area contributed by atoms with Gasteiger partial charge in [0, 0.05) is 17.1 Å². The highest BCUT2D eigenvalue weighted by Gasteiger charge is 2.25. The lowest BCUT2D eigenvalue weighted by molar-refractivity contribution is 0.0938. The van der Waals surface area contributed by atoms with Crippen molar-refractivity contribution in [2.75, 3.05) is 19.6 Å². The Morgan fingerprint density at radius 2 is 1.72 bits per heavy atom. The van der Waals surface area contributed by atoms with Gasteiger partial charge in [-0.25, -0.2) is 0 Å². The Morgan fingerprint density at radius 3 is 2.45 bits per heavy atom. The third kappa shape index (κ3) is 4.11. The van der Waals surface area contributed by atoms with Crippen LogP contribution < -0.4 is 16.4 Å². The SMILES string of the molecule is O=C(NCC(c1ccccc1Cl)N1CCCC1)c1ccc2[nH]c(=O)c(=O)[nH]c2c1. The molecule has 3 N–H and O–H groups in total. The number of aromatic amines is 2. The number of carbonyl (C=O) groups excluding carboxylic acids is 1. The van der Waals surface area contributed by atoms with Crippen LogP contribution in [-0.4, -0.2) is 40.4 Å². The number of carbonyl (C=O) groups is 1. The van der Waals surface area contributed by atoms with E-state index in [1.54, 1.807) is 18.2 Å². The van der Waals surface area contributed by atoms with E-state index >= 15 is 0 Å². The molecule has 2 aromatic carbocycles. The molecular weight excluding hydrogens is 392 g/mol. The summed E-state index contributed by atoms with van der Waals surface area (Å²) in [6.45, 7) is 2.36. The van der Waals surface area contributed by atoms with Gasteiger partial charge in [0.15, 0.2) is 0 Å². The van der Waals surface area contributed by atoms with Crippen LogP contribution in [-0.2, 0) is 0 Å². The Kier molecular flexibility index (Phi) is 5.51. The summed E-state index contributed by atoms with van der Waals surface area (Å²) in [4.78, 5) is 43.0. The van der Waals surface area contributed by atoms with E-state index in [0.717, 1.165) is 31.5 Å². The molecule has 4 rings (SSSR count). The molecule has 3 aromatic rings. The molecule has 1 fully saturated rings. The quantitative estimate of drug-likeness (QED) is 0.560. The van der Waals surface area contributed by atoms with E-state index in [4.69, 9.17) is 11.6 Å². The molecule has 7 nitrogen and oxygen atoms in total. The number of rotatable bonds is 5. The summed E-state index contributed by atoms with van der Waals surface area (Å²) in [6, 6.07) is 12.5. The molecule has 0 saturated carbocycles. The van der Waals surface area contributed by atoms with Crippen LogP contribution in [0, 0.1) is 0 Å². The monoisotopic (exact) mass is 412 g/mol. The lowest BCUT2D eigenvalue weighted by Crippen LogP contribution is -2.37. The van der Waals surface area contributed by atoms with Crippen LogP contribution in [0.4, 0.5) is 0 Å². The molecule has 1 atom stereocenters. The Labute approximate surface area is 171 Å². The maximum Gasteiger partial charge on any atom is 0.314 e. The topological polar surface area (TPSA) is 98.1 Å². The van der Waals surface area contributed by atoms with Gasteiger partial charge in [0.25, 0.3) is 5.91 Å². The summed E-state index contributed by atoms with van der Waals surface area (Å²) in [5.41, 5.74) is 0.809. The van der Waals surface area contributed by atoms with Crippen molar-refractivity contribution in [1.29, 1.82) is 0 Å². The number of nitrogens with zero attached hydrogens (tertiary/aromatic N) is 1. The van der Waals surface area contributed by atoms with Gasteiger partial charge in [-0.1, -0.05) is 29.8 Å². The number of nitrogens with one attached hydrogen (secondary N) is 3. The zero-order valence-electron chi connectivity index (χ0n) is 15.7. The number of hydrogen-bond acceptors (Lipinski definition) is 4. The van der Waals surface area contributed by atoms with Gasteiger partial charge in [-0.05, 0) is 55.8 Å². The zero-order chi connectivity index (χ0) is 20.4. The summed E-state index contributed by atoms with van der Waals surface area (Å²) in [5.74, 6) is -0.254. The van der Waals surface area contributed by atoms with Gasteiger partial charge in [0.05, 0.1) is 17.1 Å². The van der Waals surface area contributed by atoms with Gasteiger partial charge in [-0.3, -0.25) is 19.3 Å². The molecule has 1 amide bonds. The molecule has 1 aliphatic heterocycles. The predicted octanol–water partition coefficient (Wildman–Crippen LogP) is 2.44. The van der Waals surface area contributed by atoms with E-state index < -0.39 is 11.1 Å². The average Bonchev–Trinajstić information content (AvgIpc) is 3.24. The van der Waals surface area contributed by atoms with E-state index in [1.807, 2.05) is 24.3 Å². The van der Waals surface area contributed by atoms with Crippen molar-refractivity contribution in [3.63, 3.8) is 0 Å². The maximum absolute atomic E-state index is 12.7. The smallest absolute Gasteiger partial charge is 0.314 e. The number of benzene rings is 2. The fourth-order valence-electron chi connectivity index (χ4n) is 3.78. The van der Waals surface area contributed by atoms with Crippen molar-refractivity contribution < 1.29 is 4.79 Å². The lowest BCUT2D eigenvalue weighted by atomic mass is 10.0. The van der Waals surface area contributed by atoms with Crippen molar-refractivity contribution in [3.8, 4) is 0 Å². The molecule has 29 heavy (non-hydrogen) atoms. The third-order valence-electron chi connectivity index (χ3n) is 5.29. The standard InChI is InChI=1S/C21H21ClN4O3/c22-15-6-2-1-5-14(15)18(26-9-3-4-10-26)12-23-19(27)13-7-8-16-17(11-13)25-21(29)20(28)24-16/h1-2,5-8,11,18H,3-4,9-10,12H2,(H,23,27)(H,24,28)(H,25,29). The Bertz CT molecular complexity index is 1160. The minimum Gasteiger partial charge on any atom is -0.350 e. The van der Waals surface area contributed by atoms with Crippen LogP contribution in [0.2, 0.25) is 5.02 Å². The molecule has 0 aliphatic carbocycles. The molecule has 1 aromatic heterocycles. The Hall–Kier alpha value is -2.90. The van der Waals surface area contributed by atoms with Crippen molar-refractivity contribution in [2.45, 2.75) is 18.9 Å². The first kappa shape index (κ1) is 19.4. The lowest BCUT2D eigenvalue weighted by Gasteiger charge is -2.29. The molecule has 0 spiro atoms. The van der Waals surface area contributed by atoms with Gasteiger partial charge in [0.2, 0.25) is 0 Å². The molecule has 8 heteroatoms. The number of hydrogen-bond donors (Lipinski definition) is 3. The van der Waals surface area contributed by atoms with Gasteiger partial charge < -0.3 is 15.3 Å². The van der Waals surface area contributed by atoms with Crippen LogP contribution in [0.25, 0.3) is 11.0 Å². The highest BCUT2D eigenvalue weighted by molar-refractivity contribution is 6.31. The Balaban J connectivity index is 1.55. The second kappa shape index (κ2) is 8.23. The van der Waals surface area contributed by atoms with E-state index in [0.29, 0.717) is 28.2 Å². The van der Waals surface area contributed by atoms with Crippen molar-refractivity contribution in [1.82, 2.24) is 20.2 Å². The summed E-state index contributed by atoms with van der Waals surface area (Å²) >= 11 is 6.42. The minimum atomic E-state index is -0.747. The Morgan fingerprint density at radius 1 is 1.03 bits per heavy atom. The highest BCUT2D eigenvalue weighted by atomic mass is 35.5. The van der Waals surface area contributed by atoms with Gasteiger partial charge in [-0.2, -0.15) is 0 Å². The first-order valence-electron chi connectivity index (χ1n) is 9.56. The summed E-state index contributed by atoms with van der Waals surface area (Å²) in [5, 5.41) is 3.68. The second-order valence-corrected chi connectivity index (χ2v) is 7.57. The molecule has 1 aliphatic rings. The second-order valence-electron chi connectivity index (χ2n) is 7.16. The van der Waals surface area contributed by atoms with Crippen molar-refractivity contribution >= 4 is 28.5 Å². The molecule has 150 valence electrons. The van der Waals surface area contributed by atoms with Gasteiger partial charge in [-0.15, -0.1) is 0 Å². The third-order valence-corrected chi connectivity index (χ3v) is 5.63. The minimum absolute atomic E-state index is 0.00762. The number of halogens is 1. The molecule has 1 saturated heterocycles. The molecule has 0 radical (unpaired) electrons. The fourth-order valence-corrected chi connectivity index (χ4v) is 4.04. The zero-order valence-corrected chi connectivity index (χ0v) is 16.5. The van der Waals surface area contributed by atoms with E-state index in [2.05, 4.69) is 20.2 Å². The number of fused-ring (bicyclic) bond motifs is 1. The predicted molar refractivity (Wildman–Crippen MR) is 113 cm³/mol. The van der Waals surface area contributed by atoms with Crippen LogP contribution in [0.3, 0.4) is 0 Å². The van der Waals surface area contributed by atoms with E-state index in [1.165, 1.54) is 0 Å². The number of aromatic nitrogens is 2. The largest absolute Gasteiger partial charge is 0.350 e. The van der Waals surface area contributed by atoms with E-state index in [9.17, 15) is 14.4 Å². The molecular formula is C21H21ClN4O3. The number of H-pyrrole nitrogens is 2. The summed E-state index contributed by atoms with van der Waals surface area (Å²) in [7, 11) is 0. The molecule has 0 bridgehead atoms. The maximum atomic E-state index is 12.7. The van der Waals surface area contributed by atoms with Crippen molar-refractivity contribution in [3.05, 3.63) is 79.3 Å². The molecule has 2 heterocycles. The first-order chi connectivity index (χ1) is 14.0. The van der Waals surface area contributed by atoms with Crippen LogP contribution in [0.15, 0.2) is 52.1 Å². The van der Waals surface area contributed by atoms with Crippen LogP contribution >= 0.6 is 11.6 Å². The van der Waals surface area contributed by atoms with Gasteiger partial charge in [0.1, 0.15) is 0 Å². The van der Waals surface area contributed by atoms with Crippen LogP contribution in [0.5, 0.6) is 0 Å². The van der Waals surface area contributed by atoms with E-state index in [-0.39, 0.29) is 11.9 Å². The van der Waals surface area contributed by atoms with Crippen molar-refractivity contribution in [2.24, 2.45) is 0 Å². The average molecular weight is 413 g/mol. The fraction of sp³-hybridized carbons (Fsp3) is 0.286. The summed E-state index contributed by atoms with van der Waals surface area (Å²) < 4.78 is 0. The number of likely N-dealkylation sites (tertiary alicyclic amines) is 1. The molecule has 1 unspecified atom stereocenters. The summed E-state index contributed by atoms with van der Waals surface area (Å²) in [6.07, 6.45) is 2.26. The van der Waals surface area contributed by atoms with Gasteiger partial charge >= 0.3 is 11.1 Å². The highest BCUT2D eigenvalue weighted by Crippen LogP contribution is 2.29. The first-order valence-corrected chi connectivity index (χ1v) is 9.94. The van der Waals surface area contributed by atoms with Crippen LogP contribution in [0.1, 0.15) is 34.8 Å². The normalized spacial score (nSPS) is 15.5.